The van der Waals surface area contributed by atoms with Gasteiger partial charge in [-0.25, -0.2) is 14.4 Å². The van der Waals surface area contributed by atoms with Gasteiger partial charge < -0.3 is 30.5 Å². The fourth-order valence-corrected chi connectivity index (χ4v) is 8.98. The van der Waals surface area contributed by atoms with Crippen molar-refractivity contribution < 1.29 is 38.9 Å². The van der Waals surface area contributed by atoms with Crippen molar-refractivity contribution in [3.05, 3.63) is 117 Å². The van der Waals surface area contributed by atoms with Crippen LogP contribution in [0.2, 0.25) is 0 Å². The van der Waals surface area contributed by atoms with E-state index in [0.29, 0.717) is 47.5 Å². The number of benzene rings is 3. The fourth-order valence-electron chi connectivity index (χ4n) is 7.70. The lowest BCUT2D eigenvalue weighted by Crippen LogP contribution is -2.47. The summed E-state index contributed by atoms with van der Waals surface area (Å²) in [4.78, 5) is 67.2. The highest BCUT2D eigenvalue weighted by Gasteiger charge is 2.36. The topological polar surface area (TPSA) is 166 Å². The first-order chi connectivity index (χ1) is 27.1. The zero-order valence-electron chi connectivity index (χ0n) is 31.5. The third-order valence-electron chi connectivity index (χ3n) is 10.8. The van der Waals surface area contributed by atoms with Gasteiger partial charge in [-0.05, 0) is 123 Å². The second-order valence-corrected chi connectivity index (χ2v) is 15.9. The molecule has 2 aliphatic carbocycles. The molecule has 1 saturated carbocycles. The minimum Gasteiger partial charge on any atom is -0.479 e. The molecule has 7 rings (SSSR count). The second kappa shape index (κ2) is 18.8. The third-order valence-corrected chi connectivity index (χ3v) is 12.0. The van der Waals surface area contributed by atoms with E-state index in [1.165, 1.54) is 11.3 Å². The molecule has 0 bridgehead atoms. The van der Waals surface area contributed by atoms with Crippen LogP contribution in [0.4, 0.5) is 15.5 Å². The monoisotopic (exact) mass is 814 g/mol. The van der Waals surface area contributed by atoms with E-state index in [1.54, 1.807) is 23.1 Å². The molecule has 1 aromatic heterocycles. The predicted octanol–water partition coefficient (Wildman–Crippen LogP) is 7.69. The molecule has 300 valence electrons. The number of hydrogen-bond acceptors (Lipinski definition) is 8. The van der Waals surface area contributed by atoms with Gasteiger partial charge in [-0.2, -0.15) is 0 Å². The maximum Gasteiger partial charge on any atom is 0.410 e. The van der Waals surface area contributed by atoms with Gasteiger partial charge >= 0.3 is 18.0 Å². The van der Waals surface area contributed by atoms with E-state index in [0.717, 1.165) is 91.3 Å². The van der Waals surface area contributed by atoms with Crippen LogP contribution in [0.25, 0.3) is 0 Å². The van der Waals surface area contributed by atoms with Crippen LogP contribution < -0.4 is 10.6 Å². The number of anilines is 2. The van der Waals surface area contributed by atoms with Crippen LogP contribution in [0, 0.1) is 0 Å². The molecule has 12 nitrogen and oxygen atoms in total. The number of carboxylic acid groups (broad SMARTS) is 2. The van der Waals surface area contributed by atoms with Crippen molar-refractivity contribution in [3.63, 3.8) is 0 Å². The van der Waals surface area contributed by atoms with Crippen molar-refractivity contribution in [2.45, 2.75) is 82.8 Å². The summed E-state index contributed by atoms with van der Waals surface area (Å²) in [6.07, 6.45) is 8.33. The smallest absolute Gasteiger partial charge is 0.410 e. The summed E-state index contributed by atoms with van der Waals surface area (Å²) in [5.41, 5.74) is 6.13. The predicted molar refractivity (Wildman–Crippen MR) is 220 cm³/mol. The lowest BCUT2D eigenvalue weighted by atomic mass is 9.95. The summed E-state index contributed by atoms with van der Waals surface area (Å²) >= 11 is 1.49. The second-order valence-electron chi connectivity index (χ2n) is 14.8. The first-order valence-corrected chi connectivity index (χ1v) is 20.1. The molecule has 2 fully saturated rings. The van der Waals surface area contributed by atoms with Gasteiger partial charge in [0.1, 0.15) is 5.00 Å². The number of carbonyl (C=O) groups is 5. The third kappa shape index (κ3) is 10.6. The van der Waals surface area contributed by atoms with Gasteiger partial charge in [0.05, 0.1) is 11.1 Å². The van der Waals surface area contributed by atoms with Gasteiger partial charge in [-0.3, -0.25) is 14.5 Å². The van der Waals surface area contributed by atoms with Gasteiger partial charge in [0, 0.05) is 47.8 Å². The molecule has 14 heteroatoms. The van der Waals surface area contributed by atoms with Crippen LogP contribution in [0.1, 0.15) is 96.7 Å². The number of amides is 3. The highest BCUT2D eigenvalue weighted by atomic mass is 35.5. The minimum atomic E-state index is -1.18. The summed E-state index contributed by atoms with van der Waals surface area (Å²) in [5, 5.41) is 24.7. The van der Waals surface area contributed by atoms with Gasteiger partial charge in [0.2, 0.25) is 0 Å². The van der Waals surface area contributed by atoms with E-state index < -0.39 is 24.6 Å². The number of carboxylic acids is 2. The molecule has 0 spiro atoms. The Morgan fingerprint density at radius 2 is 1.40 bits per heavy atom. The van der Waals surface area contributed by atoms with E-state index in [1.807, 2.05) is 54.6 Å². The molecular formula is C43H47ClN4O8S. The standard InChI is InChI=1S/C43H46N4O8S.ClH/c48-37(49)26-55-43(54)46-22-20-34(21-23-46)47(33-18-19-33)25-29-4-3-5-31(24-29)39(50)45-41-38(35-6-1-2-7-36(35)56-41)40(51)44-32-16-12-28(13-17-32)9-8-27-10-14-30(15-11-27)42(52)53;/h3-5,10-17,24,33-34H,1-2,6-9,18-23,25-26H2,(H,44,51)(H,45,50)(H,48,49)(H,52,53);1H. The normalized spacial score (nSPS) is 15.3. The Bertz CT molecular complexity index is 2090. The van der Waals surface area contributed by atoms with Crippen molar-refractivity contribution in [3.8, 4) is 0 Å². The van der Waals surface area contributed by atoms with Crippen molar-refractivity contribution in [1.82, 2.24) is 9.80 Å². The van der Waals surface area contributed by atoms with E-state index in [-0.39, 0.29) is 35.8 Å². The number of hydrogen-bond donors (Lipinski definition) is 4. The number of piperidine rings is 1. The largest absolute Gasteiger partial charge is 0.479 e. The highest BCUT2D eigenvalue weighted by Crippen LogP contribution is 2.39. The maximum absolute atomic E-state index is 13.9. The Labute approximate surface area is 341 Å². The molecule has 57 heavy (non-hydrogen) atoms. The number of halogens is 1. The summed E-state index contributed by atoms with van der Waals surface area (Å²) < 4.78 is 4.88. The molecular weight excluding hydrogens is 768 g/mol. The van der Waals surface area contributed by atoms with E-state index in [4.69, 9.17) is 14.9 Å². The number of nitrogens with zero attached hydrogens (tertiary/aromatic N) is 2. The number of fused-ring (bicyclic) bond motifs is 1. The first-order valence-electron chi connectivity index (χ1n) is 19.3. The average molecular weight is 815 g/mol. The number of aryl methyl sites for hydroxylation is 3. The van der Waals surface area contributed by atoms with Crippen molar-refractivity contribution in [2.75, 3.05) is 30.3 Å². The number of nitrogens with one attached hydrogen (secondary N) is 2. The molecule has 0 radical (unpaired) electrons. The SMILES string of the molecule is Cl.O=C(O)COC(=O)N1CCC(N(Cc2cccc(C(=O)Nc3sc4c(c3C(=O)Nc3ccc(CCc5ccc(C(=O)O)cc5)cc3)CCCC4)c2)C2CC2)CC1. The minimum absolute atomic E-state index is 0. The lowest BCUT2D eigenvalue weighted by molar-refractivity contribution is -0.140. The van der Waals surface area contributed by atoms with Crippen molar-refractivity contribution in [2.24, 2.45) is 0 Å². The summed E-state index contributed by atoms with van der Waals surface area (Å²) in [5.74, 6) is -2.64. The van der Waals surface area contributed by atoms with Crippen LogP contribution in [-0.2, 0) is 41.8 Å². The quantitative estimate of drug-likeness (QED) is 0.0999. The number of rotatable bonds is 14. The van der Waals surface area contributed by atoms with E-state index >= 15 is 0 Å². The number of carbonyl (C=O) groups excluding carboxylic acids is 3. The molecule has 3 aliphatic rings. The zero-order valence-corrected chi connectivity index (χ0v) is 33.2. The average Bonchev–Trinajstić information content (AvgIpc) is 3.99. The maximum atomic E-state index is 13.9. The van der Waals surface area contributed by atoms with Crippen molar-refractivity contribution in [1.29, 1.82) is 0 Å². The molecule has 3 aromatic carbocycles. The number of likely N-dealkylation sites (tertiary alicyclic amines) is 1. The molecule has 4 N–H and O–H groups in total. The molecule has 0 atom stereocenters. The molecule has 3 amide bonds. The summed E-state index contributed by atoms with van der Waals surface area (Å²) in [7, 11) is 0. The summed E-state index contributed by atoms with van der Waals surface area (Å²) in [6, 6.07) is 23.0. The zero-order chi connectivity index (χ0) is 39.2. The lowest BCUT2D eigenvalue weighted by Gasteiger charge is -2.38. The molecule has 4 aromatic rings. The van der Waals surface area contributed by atoms with E-state index in [9.17, 15) is 24.0 Å². The highest BCUT2D eigenvalue weighted by molar-refractivity contribution is 7.17. The number of ether oxygens (including phenoxy) is 1. The Balaban J connectivity index is 0.00000549. The van der Waals surface area contributed by atoms with Crippen LogP contribution in [-0.4, -0.2) is 81.6 Å². The van der Waals surface area contributed by atoms with Gasteiger partial charge in [0.15, 0.2) is 6.61 Å². The Morgan fingerprint density at radius 1 is 0.754 bits per heavy atom. The molecule has 0 unspecified atom stereocenters. The molecule has 2 heterocycles. The Hall–Kier alpha value is -5.24. The Kier molecular flexibility index (Phi) is 13.7. The van der Waals surface area contributed by atoms with E-state index in [2.05, 4.69) is 15.5 Å². The van der Waals surface area contributed by atoms with Crippen LogP contribution in [0.15, 0.2) is 72.8 Å². The van der Waals surface area contributed by atoms with Gasteiger partial charge in [-0.15, -0.1) is 23.7 Å². The fraction of sp³-hybridized carbons (Fsp3) is 0.372. The van der Waals surface area contributed by atoms with Gasteiger partial charge in [0.25, 0.3) is 11.8 Å². The van der Waals surface area contributed by atoms with Crippen LogP contribution in [0.3, 0.4) is 0 Å². The van der Waals surface area contributed by atoms with Gasteiger partial charge in [-0.1, -0.05) is 36.4 Å². The number of aliphatic carboxylic acids is 1. The van der Waals surface area contributed by atoms with Crippen molar-refractivity contribution >= 4 is 64.3 Å². The van der Waals surface area contributed by atoms with Crippen LogP contribution in [0.5, 0.6) is 0 Å². The number of aromatic carboxylic acids is 1. The van der Waals surface area contributed by atoms with Crippen LogP contribution >= 0.6 is 23.7 Å². The number of thiophene rings is 1. The molecule has 1 saturated heterocycles. The molecule has 1 aliphatic heterocycles. The first kappa shape index (κ1) is 41.4. The summed E-state index contributed by atoms with van der Waals surface area (Å²) in [6.45, 7) is 1.01. The Morgan fingerprint density at radius 3 is 2.05 bits per heavy atom.